The third kappa shape index (κ3) is 3.81. The van der Waals surface area contributed by atoms with Gasteiger partial charge in [0, 0.05) is 18.7 Å². The Hall–Kier alpha value is -2.43. The van der Waals surface area contributed by atoms with E-state index >= 15 is 0 Å². The lowest BCUT2D eigenvalue weighted by molar-refractivity contribution is -0.121. The Labute approximate surface area is 130 Å². The highest BCUT2D eigenvalue weighted by Crippen LogP contribution is 2.38. The topological polar surface area (TPSA) is 66.9 Å². The molecule has 1 aromatic carbocycles. The maximum absolute atomic E-state index is 12.1. The van der Waals surface area contributed by atoms with Crippen LogP contribution in [-0.4, -0.2) is 21.9 Å². The number of anilines is 1. The monoisotopic (exact) mass is 296 g/mol. The predicted molar refractivity (Wildman–Crippen MR) is 85.4 cm³/mol. The predicted octanol–water partition coefficient (Wildman–Crippen LogP) is 2.47. The molecule has 5 heteroatoms. The van der Waals surface area contributed by atoms with Gasteiger partial charge in [0.15, 0.2) is 0 Å². The highest BCUT2D eigenvalue weighted by atomic mass is 16.2. The summed E-state index contributed by atoms with van der Waals surface area (Å²) in [6.07, 6.45) is 4.07. The van der Waals surface area contributed by atoms with Gasteiger partial charge in [-0.05, 0) is 31.4 Å². The Bertz CT molecular complexity index is 640. The summed E-state index contributed by atoms with van der Waals surface area (Å²) in [5, 5.41) is 6.06. The standard InChI is InChI=1S/C17H20N4O/c1-12(17(22)19-11-13-5-3-2-4-6-13)20-15-9-10-18-16(21-15)14-7-8-14/h2-6,9-10,12,14H,7-8,11H2,1H3,(H,19,22)(H,18,20,21). The van der Waals surface area contributed by atoms with Gasteiger partial charge in [0.25, 0.3) is 0 Å². The Kier molecular flexibility index (Phi) is 4.32. The molecule has 114 valence electrons. The average molecular weight is 296 g/mol. The molecule has 1 atom stereocenters. The number of nitrogens with zero attached hydrogens (tertiary/aromatic N) is 2. The number of carbonyl (C=O) groups is 1. The van der Waals surface area contributed by atoms with Crippen molar-refractivity contribution in [3.63, 3.8) is 0 Å². The van der Waals surface area contributed by atoms with Crippen molar-refractivity contribution in [2.45, 2.75) is 38.3 Å². The van der Waals surface area contributed by atoms with Gasteiger partial charge in [-0.2, -0.15) is 0 Å². The van der Waals surface area contributed by atoms with Gasteiger partial charge in [0.05, 0.1) is 0 Å². The van der Waals surface area contributed by atoms with Gasteiger partial charge in [-0.25, -0.2) is 9.97 Å². The van der Waals surface area contributed by atoms with E-state index in [2.05, 4.69) is 20.6 Å². The first-order valence-electron chi connectivity index (χ1n) is 7.63. The molecule has 0 radical (unpaired) electrons. The van der Waals surface area contributed by atoms with Gasteiger partial charge in [0.1, 0.15) is 17.7 Å². The molecule has 0 aliphatic heterocycles. The maximum Gasteiger partial charge on any atom is 0.242 e. The van der Waals surface area contributed by atoms with E-state index in [1.54, 1.807) is 12.3 Å². The smallest absolute Gasteiger partial charge is 0.242 e. The molecule has 3 rings (SSSR count). The molecule has 2 N–H and O–H groups in total. The zero-order valence-electron chi connectivity index (χ0n) is 12.6. The van der Waals surface area contributed by atoms with E-state index in [0.29, 0.717) is 18.3 Å². The number of amides is 1. The fourth-order valence-corrected chi connectivity index (χ4v) is 2.22. The van der Waals surface area contributed by atoms with Crippen LogP contribution in [0.3, 0.4) is 0 Å². The first-order valence-corrected chi connectivity index (χ1v) is 7.63. The minimum atomic E-state index is -0.342. The number of carbonyl (C=O) groups excluding carboxylic acids is 1. The first kappa shape index (κ1) is 14.5. The van der Waals surface area contributed by atoms with Gasteiger partial charge in [0.2, 0.25) is 5.91 Å². The van der Waals surface area contributed by atoms with E-state index in [1.807, 2.05) is 37.3 Å². The summed E-state index contributed by atoms with van der Waals surface area (Å²) in [4.78, 5) is 20.9. The number of hydrogen-bond acceptors (Lipinski definition) is 4. The average Bonchev–Trinajstić information content (AvgIpc) is 3.39. The number of rotatable bonds is 6. The van der Waals surface area contributed by atoms with E-state index in [-0.39, 0.29) is 11.9 Å². The van der Waals surface area contributed by atoms with Crippen LogP contribution in [0.4, 0.5) is 5.82 Å². The van der Waals surface area contributed by atoms with Crippen molar-refractivity contribution in [3.05, 3.63) is 54.0 Å². The van der Waals surface area contributed by atoms with Crippen LogP contribution in [-0.2, 0) is 11.3 Å². The van der Waals surface area contributed by atoms with Crippen LogP contribution in [0.25, 0.3) is 0 Å². The van der Waals surface area contributed by atoms with Crippen LogP contribution in [0, 0.1) is 0 Å². The van der Waals surface area contributed by atoms with Crippen molar-refractivity contribution < 1.29 is 4.79 Å². The van der Waals surface area contributed by atoms with Gasteiger partial charge >= 0.3 is 0 Å². The molecule has 1 amide bonds. The molecule has 1 aliphatic rings. The molecule has 0 saturated heterocycles. The van der Waals surface area contributed by atoms with Crippen LogP contribution in [0.15, 0.2) is 42.6 Å². The van der Waals surface area contributed by atoms with Crippen LogP contribution in [0.1, 0.15) is 37.1 Å². The van der Waals surface area contributed by atoms with Gasteiger partial charge in [-0.3, -0.25) is 4.79 Å². The van der Waals surface area contributed by atoms with Crippen molar-refractivity contribution in [2.24, 2.45) is 0 Å². The Morgan fingerprint density at radius 3 is 2.77 bits per heavy atom. The lowest BCUT2D eigenvalue weighted by atomic mass is 10.2. The van der Waals surface area contributed by atoms with E-state index < -0.39 is 0 Å². The second-order valence-corrected chi connectivity index (χ2v) is 5.64. The molecule has 5 nitrogen and oxygen atoms in total. The maximum atomic E-state index is 12.1. The summed E-state index contributed by atoms with van der Waals surface area (Å²) in [7, 11) is 0. The summed E-state index contributed by atoms with van der Waals surface area (Å²) in [5.41, 5.74) is 1.08. The van der Waals surface area contributed by atoms with Crippen molar-refractivity contribution in [2.75, 3.05) is 5.32 Å². The fourth-order valence-electron chi connectivity index (χ4n) is 2.22. The quantitative estimate of drug-likeness (QED) is 0.859. The van der Waals surface area contributed by atoms with Crippen LogP contribution in [0.5, 0.6) is 0 Å². The summed E-state index contributed by atoms with van der Waals surface area (Å²) in [5.74, 6) is 2.04. The molecule has 0 bridgehead atoms. The summed E-state index contributed by atoms with van der Waals surface area (Å²) in [6.45, 7) is 2.36. The Morgan fingerprint density at radius 2 is 2.05 bits per heavy atom. The van der Waals surface area contributed by atoms with Crippen molar-refractivity contribution in [1.82, 2.24) is 15.3 Å². The SMILES string of the molecule is CC(Nc1ccnc(C2CC2)n1)C(=O)NCc1ccccc1. The molecular weight excluding hydrogens is 276 g/mol. The van der Waals surface area contributed by atoms with E-state index in [9.17, 15) is 4.79 Å². The molecule has 22 heavy (non-hydrogen) atoms. The third-order valence-corrected chi connectivity index (χ3v) is 3.68. The molecule has 1 unspecified atom stereocenters. The van der Waals surface area contributed by atoms with E-state index in [0.717, 1.165) is 24.2 Å². The largest absolute Gasteiger partial charge is 0.359 e. The molecule has 1 saturated carbocycles. The zero-order chi connectivity index (χ0) is 15.4. The number of benzene rings is 1. The van der Waals surface area contributed by atoms with E-state index in [1.165, 1.54) is 0 Å². The van der Waals surface area contributed by atoms with Gasteiger partial charge in [-0.15, -0.1) is 0 Å². The van der Waals surface area contributed by atoms with Crippen molar-refractivity contribution >= 4 is 11.7 Å². The van der Waals surface area contributed by atoms with Crippen LogP contribution >= 0.6 is 0 Å². The summed E-state index contributed by atoms with van der Waals surface area (Å²) < 4.78 is 0. The molecule has 1 fully saturated rings. The minimum absolute atomic E-state index is 0.0459. The normalized spacial score (nSPS) is 15.1. The highest BCUT2D eigenvalue weighted by Gasteiger charge is 2.26. The van der Waals surface area contributed by atoms with Gasteiger partial charge < -0.3 is 10.6 Å². The molecular formula is C17H20N4O. The molecule has 1 aliphatic carbocycles. The van der Waals surface area contributed by atoms with Crippen LogP contribution < -0.4 is 10.6 Å². The Morgan fingerprint density at radius 1 is 1.27 bits per heavy atom. The minimum Gasteiger partial charge on any atom is -0.359 e. The van der Waals surface area contributed by atoms with Crippen molar-refractivity contribution in [3.8, 4) is 0 Å². The van der Waals surface area contributed by atoms with Crippen molar-refractivity contribution in [1.29, 1.82) is 0 Å². The molecule has 0 spiro atoms. The lowest BCUT2D eigenvalue weighted by Gasteiger charge is -2.15. The summed E-state index contributed by atoms with van der Waals surface area (Å²) in [6, 6.07) is 11.3. The fraction of sp³-hybridized carbons (Fsp3) is 0.353. The number of hydrogen-bond donors (Lipinski definition) is 2. The van der Waals surface area contributed by atoms with Crippen LogP contribution in [0.2, 0.25) is 0 Å². The van der Waals surface area contributed by atoms with E-state index in [4.69, 9.17) is 0 Å². The third-order valence-electron chi connectivity index (χ3n) is 3.68. The zero-order valence-corrected chi connectivity index (χ0v) is 12.6. The molecule has 1 aromatic heterocycles. The highest BCUT2D eigenvalue weighted by molar-refractivity contribution is 5.83. The second-order valence-electron chi connectivity index (χ2n) is 5.64. The molecule has 1 heterocycles. The molecule has 2 aromatic rings. The van der Waals surface area contributed by atoms with Gasteiger partial charge in [-0.1, -0.05) is 30.3 Å². The second kappa shape index (κ2) is 6.56. The first-order chi connectivity index (χ1) is 10.7. The number of nitrogens with one attached hydrogen (secondary N) is 2. The Balaban J connectivity index is 1.53. The lowest BCUT2D eigenvalue weighted by Crippen LogP contribution is -2.37. The summed E-state index contributed by atoms with van der Waals surface area (Å²) >= 11 is 0. The number of aromatic nitrogens is 2.